The standard InChI is InChI=1S/C19H22BN5O7S.C2H6/c1-19(2,17(29)22-3)32-25-13(11-8-33-18(21)23-11)15(26)24-12-7-9-5-4-6-10(16(27)28)14(9)31-20(12)30;1-2/h4-6,8,12,30H,7H2,1-3H3,(H2,21,23)(H,22,29)(H,24,26)(H,27,28);1-2H3/b25-13-;. The second-order valence-electron chi connectivity index (χ2n) is 7.58. The molecule has 0 aliphatic carbocycles. The van der Waals surface area contributed by atoms with Gasteiger partial charge in [-0.2, -0.15) is 0 Å². The number of hydrogen-bond acceptors (Lipinski definition) is 10. The van der Waals surface area contributed by atoms with Crippen LogP contribution in [0.5, 0.6) is 5.75 Å². The van der Waals surface area contributed by atoms with E-state index in [-0.39, 0.29) is 34.3 Å². The lowest BCUT2D eigenvalue weighted by molar-refractivity contribution is -0.142. The number of benzene rings is 1. The zero-order chi connectivity index (χ0) is 26.3. The van der Waals surface area contributed by atoms with Crippen molar-refractivity contribution in [2.24, 2.45) is 5.16 Å². The number of fused-ring (bicyclic) bond motifs is 1. The molecule has 6 N–H and O–H groups in total. The Morgan fingerprint density at radius 3 is 2.60 bits per heavy atom. The molecule has 0 fully saturated rings. The van der Waals surface area contributed by atoms with Crippen molar-refractivity contribution < 1.29 is 34.0 Å². The van der Waals surface area contributed by atoms with E-state index in [9.17, 15) is 24.5 Å². The normalized spacial score (nSPS) is 15.1. The highest BCUT2D eigenvalue weighted by Crippen LogP contribution is 2.30. The molecule has 1 aromatic heterocycles. The summed E-state index contributed by atoms with van der Waals surface area (Å²) in [5, 5.41) is 30.3. The van der Waals surface area contributed by atoms with Gasteiger partial charge < -0.3 is 36.0 Å². The minimum Gasteiger partial charge on any atom is -0.534 e. The first-order valence-corrected chi connectivity index (χ1v) is 11.6. The third kappa shape index (κ3) is 6.48. The summed E-state index contributed by atoms with van der Waals surface area (Å²) in [7, 11) is -0.0869. The number of nitrogen functional groups attached to an aromatic ring is 1. The minimum atomic E-state index is -1.52. The highest BCUT2D eigenvalue weighted by Gasteiger charge is 2.39. The molecule has 1 aliphatic rings. The van der Waals surface area contributed by atoms with Crippen LogP contribution in [0.4, 0.5) is 5.13 Å². The zero-order valence-corrected chi connectivity index (χ0v) is 20.8. The Hall–Kier alpha value is -3.65. The van der Waals surface area contributed by atoms with Crippen LogP contribution in [0, 0.1) is 0 Å². The van der Waals surface area contributed by atoms with Gasteiger partial charge in [0.25, 0.3) is 11.8 Å². The first-order valence-electron chi connectivity index (χ1n) is 10.7. The fraction of sp³-hybridized carbons (Fsp3) is 0.381. The number of aromatic nitrogens is 1. The molecule has 12 nitrogen and oxygen atoms in total. The predicted molar refractivity (Wildman–Crippen MR) is 131 cm³/mol. The predicted octanol–water partition coefficient (Wildman–Crippen LogP) is 0.835. The number of carboxylic acids is 1. The number of carbonyl (C=O) groups is 3. The number of nitrogens with two attached hydrogens (primary N) is 1. The average molecular weight is 505 g/mol. The third-order valence-electron chi connectivity index (χ3n) is 4.78. The number of carbonyl (C=O) groups excluding carboxylic acids is 2. The summed E-state index contributed by atoms with van der Waals surface area (Å²) in [4.78, 5) is 45.8. The van der Waals surface area contributed by atoms with Crippen molar-refractivity contribution in [2.75, 3.05) is 12.8 Å². The van der Waals surface area contributed by atoms with E-state index in [1.54, 1.807) is 12.1 Å². The molecule has 2 heterocycles. The highest BCUT2D eigenvalue weighted by atomic mass is 32.1. The number of nitrogens with zero attached hydrogens (tertiary/aromatic N) is 2. The minimum absolute atomic E-state index is 0.0415. The summed E-state index contributed by atoms with van der Waals surface area (Å²) in [6, 6.07) is 4.54. The summed E-state index contributed by atoms with van der Waals surface area (Å²) in [6.07, 6.45) is 0.0977. The molecule has 3 rings (SSSR count). The van der Waals surface area contributed by atoms with Crippen LogP contribution < -0.4 is 21.0 Å². The number of hydrogen-bond donors (Lipinski definition) is 5. The summed E-state index contributed by atoms with van der Waals surface area (Å²) in [5.74, 6) is -3.32. The lowest BCUT2D eigenvalue weighted by atomic mass is 9.72. The van der Waals surface area contributed by atoms with E-state index in [2.05, 4.69) is 20.8 Å². The molecule has 1 aromatic carbocycles. The van der Waals surface area contributed by atoms with Crippen LogP contribution >= 0.6 is 11.3 Å². The molecule has 0 bridgehead atoms. The molecule has 188 valence electrons. The lowest BCUT2D eigenvalue weighted by Crippen LogP contribution is -2.54. The molecule has 0 saturated heterocycles. The molecule has 1 atom stereocenters. The highest BCUT2D eigenvalue weighted by molar-refractivity contribution is 7.13. The lowest BCUT2D eigenvalue weighted by Gasteiger charge is -2.29. The van der Waals surface area contributed by atoms with Gasteiger partial charge in [0.1, 0.15) is 11.4 Å². The van der Waals surface area contributed by atoms with Crippen LogP contribution in [0.15, 0.2) is 28.7 Å². The summed E-state index contributed by atoms with van der Waals surface area (Å²) < 4.78 is 5.39. The van der Waals surface area contributed by atoms with Crippen LogP contribution in [-0.4, -0.2) is 64.3 Å². The number of likely N-dealkylation sites (N-methyl/N-ethyl adjacent to an activating group) is 1. The number of aromatic carboxylic acids is 1. The van der Waals surface area contributed by atoms with Gasteiger partial charge in [-0.15, -0.1) is 11.3 Å². The van der Waals surface area contributed by atoms with Crippen molar-refractivity contribution in [3.8, 4) is 5.75 Å². The topological polar surface area (TPSA) is 185 Å². The summed E-state index contributed by atoms with van der Waals surface area (Å²) >= 11 is 1.08. The van der Waals surface area contributed by atoms with Gasteiger partial charge in [-0.05, 0) is 31.9 Å². The maximum atomic E-state index is 13.1. The van der Waals surface area contributed by atoms with Gasteiger partial charge in [-0.1, -0.05) is 31.1 Å². The molecule has 1 aliphatic heterocycles. The van der Waals surface area contributed by atoms with Gasteiger partial charge in [0.2, 0.25) is 5.60 Å². The van der Waals surface area contributed by atoms with E-state index in [4.69, 9.17) is 15.2 Å². The maximum Gasteiger partial charge on any atom is 0.547 e. The molecular weight excluding hydrogens is 477 g/mol. The number of nitrogens with one attached hydrogen (secondary N) is 2. The number of amides is 2. The summed E-state index contributed by atoms with van der Waals surface area (Å²) in [6.45, 7) is 6.94. The Kier molecular flexibility index (Phi) is 9.20. The van der Waals surface area contributed by atoms with E-state index in [0.717, 1.165) is 11.3 Å². The summed E-state index contributed by atoms with van der Waals surface area (Å²) in [5.41, 5.74) is 4.54. The fourth-order valence-electron chi connectivity index (χ4n) is 3.06. The molecular formula is C21H28BN5O7S. The molecule has 1 unspecified atom stereocenters. The Bertz CT molecular complexity index is 1120. The van der Waals surface area contributed by atoms with E-state index >= 15 is 0 Å². The second kappa shape index (κ2) is 11.7. The van der Waals surface area contributed by atoms with Gasteiger partial charge in [0.05, 0.1) is 11.5 Å². The van der Waals surface area contributed by atoms with Crippen molar-refractivity contribution in [2.45, 2.75) is 45.7 Å². The largest absolute Gasteiger partial charge is 0.547 e. The quantitative estimate of drug-likeness (QED) is 0.207. The van der Waals surface area contributed by atoms with Crippen molar-refractivity contribution in [3.63, 3.8) is 0 Å². The van der Waals surface area contributed by atoms with Gasteiger partial charge >= 0.3 is 13.1 Å². The molecule has 14 heteroatoms. The number of para-hydroxylation sites is 1. The first-order chi connectivity index (χ1) is 16.5. The van der Waals surface area contributed by atoms with Crippen LogP contribution in [0.2, 0.25) is 0 Å². The van der Waals surface area contributed by atoms with Crippen LogP contribution in [0.3, 0.4) is 0 Å². The van der Waals surface area contributed by atoms with Gasteiger partial charge in [0.15, 0.2) is 10.8 Å². The van der Waals surface area contributed by atoms with Crippen LogP contribution in [0.1, 0.15) is 49.3 Å². The van der Waals surface area contributed by atoms with E-state index < -0.39 is 36.4 Å². The zero-order valence-electron chi connectivity index (χ0n) is 20.0. The van der Waals surface area contributed by atoms with Gasteiger partial charge in [-0.3, -0.25) is 9.59 Å². The van der Waals surface area contributed by atoms with Gasteiger partial charge in [-0.25, -0.2) is 9.78 Å². The van der Waals surface area contributed by atoms with Crippen molar-refractivity contribution in [1.82, 2.24) is 15.6 Å². The Morgan fingerprint density at radius 2 is 2.03 bits per heavy atom. The molecule has 0 spiro atoms. The maximum absolute atomic E-state index is 13.1. The Labute approximate surface area is 206 Å². The second-order valence-corrected chi connectivity index (χ2v) is 8.47. The van der Waals surface area contributed by atoms with Crippen LogP contribution in [0.25, 0.3) is 0 Å². The van der Waals surface area contributed by atoms with E-state index in [1.165, 1.54) is 32.3 Å². The number of carboxylic acid groups (broad SMARTS) is 1. The number of rotatable bonds is 7. The van der Waals surface area contributed by atoms with Gasteiger partial charge in [0, 0.05) is 12.4 Å². The number of oxime groups is 1. The SMILES string of the molecule is CC.CNC(=O)C(C)(C)O/N=C(\C(=O)NC1Cc2cccc(C(=O)O)c2OB1O)c1csc(N)n1. The smallest absolute Gasteiger partial charge is 0.534 e. The molecule has 35 heavy (non-hydrogen) atoms. The monoisotopic (exact) mass is 505 g/mol. The molecule has 0 radical (unpaired) electrons. The van der Waals surface area contributed by atoms with E-state index in [1.807, 2.05) is 13.8 Å². The van der Waals surface area contributed by atoms with Crippen molar-refractivity contribution >= 4 is 47.1 Å². The first kappa shape index (κ1) is 27.6. The Balaban J connectivity index is 0.00000210. The van der Waals surface area contributed by atoms with E-state index in [0.29, 0.717) is 5.56 Å². The average Bonchev–Trinajstić information content (AvgIpc) is 3.25. The molecule has 0 saturated carbocycles. The van der Waals surface area contributed by atoms with Crippen LogP contribution in [-0.2, 0) is 20.8 Å². The number of thiazole rings is 1. The number of anilines is 1. The van der Waals surface area contributed by atoms with Crippen molar-refractivity contribution in [1.29, 1.82) is 0 Å². The Morgan fingerprint density at radius 1 is 1.34 bits per heavy atom. The third-order valence-corrected chi connectivity index (χ3v) is 5.46. The van der Waals surface area contributed by atoms with Crippen molar-refractivity contribution in [3.05, 3.63) is 40.4 Å². The molecule has 2 amide bonds. The fourth-order valence-corrected chi connectivity index (χ4v) is 3.60. The molecule has 2 aromatic rings.